The highest BCUT2D eigenvalue weighted by molar-refractivity contribution is 6.08. The molecule has 1 unspecified atom stereocenters. The van der Waals surface area contributed by atoms with E-state index in [0.29, 0.717) is 12.0 Å². The number of carbonyl (C=O) groups excluding carboxylic acids is 1. The van der Waals surface area contributed by atoms with Crippen LogP contribution in [0.4, 0.5) is 5.69 Å². The van der Waals surface area contributed by atoms with Gasteiger partial charge in [0.15, 0.2) is 0 Å². The minimum Gasteiger partial charge on any atom is -0.370 e. The van der Waals surface area contributed by atoms with E-state index in [-0.39, 0.29) is 5.91 Å². The van der Waals surface area contributed by atoms with Crippen molar-refractivity contribution >= 4 is 11.6 Å². The molecular formula is C16H15NO2. The van der Waals surface area contributed by atoms with E-state index in [1.807, 2.05) is 42.5 Å². The lowest BCUT2D eigenvalue weighted by Gasteiger charge is -2.30. The molecule has 3 rings (SSSR count). The van der Waals surface area contributed by atoms with Crippen molar-refractivity contribution in [3.63, 3.8) is 0 Å². The molecule has 2 aromatic carbocycles. The number of carbonyl (C=O) groups is 1. The van der Waals surface area contributed by atoms with Gasteiger partial charge in [0.2, 0.25) is 0 Å². The Balaban J connectivity index is 2.06. The van der Waals surface area contributed by atoms with Crippen LogP contribution in [0.1, 0.15) is 22.8 Å². The van der Waals surface area contributed by atoms with Crippen LogP contribution >= 0.6 is 0 Å². The molecule has 2 aromatic rings. The van der Waals surface area contributed by atoms with Gasteiger partial charge in [0.05, 0.1) is 5.69 Å². The summed E-state index contributed by atoms with van der Waals surface area (Å²) >= 11 is 0. The summed E-state index contributed by atoms with van der Waals surface area (Å²) in [5.41, 5.74) is 1.20. The van der Waals surface area contributed by atoms with Crippen LogP contribution in [0.3, 0.4) is 0 Å². The molecule has 1 heterocycles. The first kappa shape index (κ1) is 11.9. The minimum atomic E-state index is -1.17. The van der Waals surface area contributed by atoms with Crippen LogP contribution in [-0.2, 0) is 6.42 Å². The van der Waals surface area contributed by atoms with Crippen molar-refractivity contribution in [3.05, 3.63) is 65.7 Å². The Hall–Kier alpha value is -2.13. The molecule has 3 heteroatoms. The molecule has 0 radical (unpaired) electrons. The zero-order valence-corrected chi connectivity index (χ0v) is 10.7. The Morgan fingerprint density at radius 3 is 2.47 bits per heavy atom. The Kier molecular flexibility index (Phi) is 2.64. The van der Waals surface area contributed by atoms with Crippen molar-refractivity contribution in [2.45, 2.75) is 19.1 Å². The van der Waals surface area contributed by atoms with Gasteiger partial charge in [0.25, 0.3) is 5.91 Å². The maximum absolute atomic E-state index is 12.6. The standard InChI is InChI=1S/C16H15NO2/c1-16(19)11-13-9-5-6-10-14(13)17(16)15(18)12-7-3-2-4-8-12/h2-10,19H,11H2,1H3. The molecule has 0 saturated carbocycles. The summed E-state index contributed by atoms with van der Waals surface area (Å²) in [7, 11) is 0. The molecule has 0 saturated heterocycles. The van der Waals surface area contributed by atoms with Gasteiger partial charge in [-0.05, 0) is 30.7 Å². The van der Waals surface area contributed by atoms with Crippen LogP contribution in [0.15, 0.2) is 54.6 Å². The second kappa shape index (κ2) is 4.21. The monoisotopic (exact) mass is 253 g/mol. The number of hydrogen-bond donors (Lipinski definition) is 1. The Bertz CT molecular complexity index is 620. The van der Waals surface area contributed by atoms with Gasteiger partial charge in [-0.3, -0.25) is 9.69 Å². The van der Waals surface area contributed by atoms with Crippen LogP contribution in [0.2, 0.25) is 0 Å². The lowest BCUT2D eigenvalue weighted by molar-refractivity contribution is 0.0549. The molecule has 0 bridgehead atoms. The Morgan fingerprint density at radius 2 is 1.74 bits per heavy atom. The van der Waals surface area contributed by atoms with Crippen LogP contribution in [0.25, 0.3) is 0 Å². The smallest absolute Gasteiger partial charge is 0.260 e. The first-order chi connectivity index (χ1) is 9.09. The topological polar surface area (TPSA) is 40.5 Å². The average Bonchev–Trinajstić information content (AvgIpc) is 2.68. The lowest BCUT2D eigenvalue weighted by Crippen LogP contribution is -2.47. The van der Waals surface area contributed by atoms with Crippen molar-refractivity contribution in [3.8, 4) is 0 Å². The third kappa shape index (κ3) is 1.92. The van der Waals surface area contributed by atoms with E-state index in [4.69, 9.17) is 0 Å². The highest BCUT2D eigenvalue weighted by Crippen LogP contribution is 2.38. The lowest BCUT2D eigenvalue weighted by atomic mass is 10.1. The molecule has 96 valence electrons. The molecule has 0 fully saturated rings. The predicted molar refractivity (Wildman–Crippen MR) is 74.0 cm³/mol. The summed E-state index contributed by atoms with van der Waals surface area (Å²) in [6.45, 7) is 1.67. The number of amides is 1. The van der Waals surface area contributed by atoms with E-state index in [1.165, 1.54) is 4.90 Å². The molecule has 1 atom stereocenters. The molecular weight excluding hydrogens is 238 g/mol. The second-order valence-corrected chi connectivity index (χ2v) is 5.03. The number of benzene rings is 2. The van der Waals surface area contributed by atoms with Crippen molar-refractivity contribution in [2.75, 3.05) is 4.90 Å². The largest absolute Gasteiger partial charge is 0.370 e. The van der Waals surface area contributed by atoms with E-state index in [1.54, 1.807) is 19.1 Å². The maximum Gasteiger partial charge on any atom is 0.260 e. The van der Waals surface area contributed by atoms with Gasteiger partial charge < -0.3 is 5.11 Å². The quantitative estimate of drug-likeness (QED) is 0.848. The Labute approximate surface area is 112 Å². The van der Waals surface area contributed by atoms with Crippen molar-refractivity contribution in [2.24, 2.45) is 0 Å². The van der Waals surface area contributed by atoms with Gasteiger partial charge in [0.1, 0.15) is 5.72 Å². The van der Waals surface area contributed by atoms with E-state index in [2.05, 4.69) is 0 Å². The third-order valence-electron chi connectivity index (χ3n) is 3.46. The summed E-state index contributed by atoms with van der Waals surface area (Å²) in [6.07, 6.45) is 0.460. The van der Waals surface area contributed by atoms with Crippen molar-refractivity contribution in [1.29, 1.82) is 0 Å². The molecule has 19 heavy (non-hydrogen) atoms. The summed E-state index contributed by atoms with van der Waals surface area (Å²) in [5.74, 6) is -0.171. The number of anilines is 1. The van der Waals surface area contributed by atoms with Crippen LogP contribution in [-0.4, -0.2) is 16.7 Å². The number of hydrogen-bond acceptors (Lipinski definition) is 2. The fraction of sp³-hybridized carbons (Fsp3) is 0.188. The minimum absolute atomic E-state index is 0.171. The normalized spacial score (nSPS) is 21.3. The molecule has 1 aliphatic heterocycles. The number of para-hydroxylation sites is 1. The van der Waals surface area contributed by atoms with Gasteiger partial charge in [-0.25, -0.2) is 0 Å². The summed E-state index contributed by atoms with van der Waals surface area (Å²) in [4.78, 5) is 14.1. The number of nitrogens with zero attached hydrogens (tertiary/aromatic N) is 1. The van der Waals surface area contributed by atoms with Crippen LogP contribution in [0, 0.1) is 0 Å². The second-order valence-electron chi connectivity index (χ2n) is 5.03. The summed E-state index contributed by atoms with van der Waals surface area (Å²) < 4.78 is 0. The zero-order chi connectivity index (χ0) is 13.5. The maximum atomic E-state index is 12.6. The van der Waals surface area contributed by atoms with Gasteiger partial charge in [-0.15, -0.1) is 0 Å². The fourth-order valence-corrected chi connectivity index (χ4v) is 2.62. The first-order valence-corrected chi connectivity index (χ1v) is 6.29. The molecule has 1 amide bonds. The Morgan fingerprint density at radius 1 is 1.11 bits per heavy atom. The summed E-state index contributed by atoms with van der Waals surface area (Å²) in [6, 6.07) is 16.7. The first-order valence-electron chi connectivity index (χ1n) is 6.29. The van der Waals surface area contributed by atoms with Gasteiger partial charge in [0, 0.05) is 12.0 Å². The highest BCUT2D eigenvalue weighted by Gasteiger charge is 2.41. The number of fused-ring (bicyclic) bond motifs is 1. The van der Waals surface area contributed by atoms with Gasteiger partial charge in [-0.1, -0.05) is 36.4 Å². The highest BCUT2D eigenvalue weighted by atomic mass is 16.3. The SMILES string of the molecule is CC1(O)Cc2ccccc2N1C(=O)c1ccccc1. The predicted octanol–water partition coefficient (Wildman–Crippen LogP) is 2.60. The van der Waals surface area contributed by atoms with Crippen LogP contribution < -0.4 is 4.90 Å². The molecule has 1 N–H and O–H groups in total. The molecule has 0 spiro atoms. The molecule has 0 aromatic heterocycles. The number of aliphatic hydroxyl groups is 1. The fourth-order valence-electron chi connectivity index (χ4n) is 2.62. The third-order valence-corrected chi connectivity index (χ3v) is 3.46. The van der Waals surface area contributed by atoms with Crippen LogP contribution in [0.5, 0.6) is 0 Å². The van der Waals surface area contributed by atoms with E-state index < -0.39 is 5.72 Å². The molecule has 0 aliphatic carbocycles. The van der Waals surface area contributed by atoms with Gasteiger partial charge in [-0.2, -0.15) is 0 Å². The van der Waals surface area contributed by atoms with E-state index in [9.17, 15) is 9.90 Å². The summed E-state index contributed by atoms with van der Waals surface area (Å²) in [5, 5.41) is 10.5. The van der Waals surface area contributed by atoms with Crippen molar-refractivity contribution < 1.29 is 9.90 Å². The number of rotatable bonds is 1. The van der Waals surface area contributed by atoms with Gasteiger partial charge >= 0.3 is 0 Å². The van der Waals surface area contributed by atoms with E-state index >= 15 is 0 Å². The van der Waals surface area contributed by atoms with E-state index in [0.717, 1.165) is 11.3 Å². The molecule has 1 aliphatic rings. The average molecular weight is 253 g/mol. The zero-order valence-electron chi connectivity index (χ0n) is 10.7. The van der Waals surface area contributed by atoms with Crippen molar-refractivity contribution in [1.82, 2.24) is 0 Å². The molecule has 3 nitrogen and oxygen atoms in total.